The lowest BCUT2D eigenvalue weighted by Gasteiger charge is -2.18. The van der Waals surface area contributed by atoms with Gasteiger partial charge in [-0.25, -0.2) is 0 Å². The number of nitrogens with one attached hydrogen (secondary N) is 2. The minimum absolute atomic E-state index is 0.245. The van der Waals surface area contributed by atoms with Crippen molar-refractivity contribution in [1.29, 1.82) is 5.26 Å². The minimum Gasteiger partial charge on any atom is -0.367 e. The monoisotopic (exact) mass is 404 g/mol. The molecule has 0 bridgehead atoms. The zero-order valence-corrected chi connectivity index (χ0v) is 16.9. The molecule has 1 aliphatic heterocycles. The van der Waals surface area contributed by atoms with Crippen molar-refractivity contribution >= 4 is 16.9 Å². The van der Waals surface area contributed by atoms with Crippen LogP contribution in [0.5, 0.6) is 0 Å². The van der Waals surface area contributed by atoms with Gasteiger partial charge in [-0.3, -0.25) is 4.79 Å². The van der Waals surface area contributed by atoms with Gasteiger partial charge in [0, 0.05) is 25.0 Å². The first kappa shape index (κ1) is 20.1. The number of carbonyl (C=O) groups is 1. The Balaban J connectivity index is 1.41. The smallest absolute Gasteiger partial charge is 0.251 e. The van der Waals surface area contributed by atoms with Gasteiger partial charge in [0.05, 0.1) is 11.8 Å². The number of fused-ring (bicyclic) bond motifs is 1. The van der Waals surface area contributed by atoms with Crippen LogP contribution in [-0.2, 0) is 16.0 Å². The predicted molar refractivity (Wildman–Crippen MR) is 113 cm³/mol. The van der Waals surface area contributed by atoms with Crippen molar-refractivity contribution in [2.24, 2.45) is 0 Å². The Morgan fingerprint density at radius 1 is 1.30 bits per heavy atom. The second kappa shape index (κ2) is 9.08. The molecule has 2 aromatic carbocycles. The van der Waals surface area contributed by atoms with Crippen molar-refractivity contribution in [2.75, 3.05) is 19.7 Å². The van der Waals surface area contributed by atoms with Crippen LogP contribution < -0.4 is 10.6 Å². The number of nitriles is 1. The summed E-state index contributed by atoms with van der Waals surface area (Å²) in [4.78, 5) is 12.4. The zero-order valence-electron chi connectivity index (χ0n) is 16.9. The number of aryl methyl sites for hydroxylation is 1. The SMILES string of the molecule is Cc1noc2ccc(-c3ccc(C[C@@H](C#N)NC(=O)[C@@H]4CNCCCO4)cc3)cc12. The fraction of sp³-hybridized carbons (Fsp3) is 0.348. The molecule has 0 saturated carbocycles. The molecule has 0 unspecified atom stereocenters. The molecule has 1 aromatic heterocycles. The van der Waals surface area contributed by atoms with Crippen LogP contribution in [0.15, 0.2) is 47.0 Å². The van der Waals surface area contributed by atoms with E-state index in [-0.39, 0.29) is 5.91 Å². The third kappa shape index (κ3) is 4.51. The van der Waals surface area contributed by atoms with Crippen molar-refractivity contribution in [3.8, 4) is 17.2 Å². The first-order valence-corrected chi connectivity index (χ1v) is 10.1. The van der Waals surface area contributed by atoms with E-state index in [1.54, 1.807) is 0 Å². The summed E-state index contributed by atoms with van der Waals surface area (Å²) >= 11 is 0. The zero-order chi connectivity index (χ0) is 20.9. The van der Waals surface area contributed by atoms with E-state index in [4.69, 9.17) is 9.26 Å². The average molecular weight is 404 g/mol. The molecule has 30 heavy (non-hydrogen) atoms. The quantitative estimate of drug-likeness (QED) is 0.678. The molecule has 1 saturated heterocycles. The molecule has 7 nitrogen and oxygen atoms in total. The van der Waals surface area contributed by atoms with Gasteiger partial charge >= 0.3 is 0 Å². The molecular weight excluding hydrogens is 380 g/mol. The number of benzene rings is 2. The van der Waals surface area contributed by atoms with Crippen molar-refractivity contribution in [1.82, 2.24) is 15.8 Å². The number of rotatable bonds is 5. The second-order valence-corrected chi connectivity index (χ2v) is 7.49. The largest absolute Gasteiger partial charge is 0.367 e. The molecule has 4 rings (SSSR count). The molecule has 3 aromatic rings. The third-order valence-corrected chi connectivity index (χ3v) is 5.29. The van der Waals surface area contributed by atoms with E-state index in [2.05, 4.69) is 27.9 Å². The van der Waals surface area contributed by atoms with Crippen LogP contribution in [0.1, 0.15) is 17.7 Å². The van der Waals surface area contributed by atoms with Gasteiger partial charge in [0.1, 0.15) is 12.1 Å². The highest BCUT2D eigenvalue weighted by molar-refractivity contribution is 5.85. The molecule has 2 N–H and O–H groups in total. The van der Waals surface area contributed by atoms with Crippen LogP contribution in [0, 0.1) is 18.3 Å². The Hall–Kier alpha value is -3.21. The fourth-order valence-electron chi connectivity index (χ4n) is 3.58. The topological polar surface area (TPSA) is 100 Å². The number of nitrogens with zero attached hydrogens (tertiary/aromatic N) is 2. The Bertz CT molecular complexity index is 1060. The molecule has 7 heteroatoms. The highest BCUT2D eigenvalue weighted by atomic mass is 16.5. The van der Waals surface area contributed by atoms with E-state index < -0.39 is 12.1 Å². The fourth-order valence-corrected chi connectivity index (χ4v) is 3.58. The molecule has 1 amide bonds. The van der Waals surface area contributed by atoms with Gasteiger partial charge in [-0.05, 0) is 48.7 Å². The van der Waals surface area contributed by atoms with Crippen molar-refractivity contribution in [3.05, 3.63) is 53.7 Å². The van der Waals surface area contributed by atoms with E-state index >= 15 is 0 Å². The maximum absolute atomic E-state index is 12.4. The van der Waals surface area contributed by atoms with Crippen LogP contribution in [0.3, 0.4) is 0 Å². The Morgan fingerprint density at radius 2 is 2.10 bits per heavy atom. The molecule has 154 valence electrons. The Labute approximate surface area is 175 Å². The first-order chi connectivity index (χ1) is 14.6. The number of aromatic nitrogens is 1. The molecule has 2 atom stereocenters. The van der Waals surface area contributed by atoms with Crippen molar-refractivity contribution in [3.63, 3.8) is 0 Å². The summed E-state index contributed by atoms with van der Waals surface area (Å²) in [5.41, 5.74) is 4.75. The molecular formula is C23H24N4O3. The van der Waals surface area contributed by atoms with Gasteiger partial charge in [0.15, 0.2) is 5.58 Å². The molecule has 0 radical (unpaired) electrons. The summed E-state index contributed by atoms with van der Waals surface area (Å²) in [5.74, 6) is -0.245. The highest BCUT2D eigenvalue weighted by Gasteiger charge is 2.23. The van der Waals surface area contributed by atoms with Crippen molar-refractivity contribution < 1.29 is 14.1 Å². The van der Waals surface area contributed by atoms with Crippen LogP contribution in [0.4, 0.5) is 0 Å². The lowest BCUT2D eigenvalue weighted by molar-refractivity contribution is -0.132. The normalized spacial score (nSPS) is 17.8. The molecule has 2 heterocycles. The lowest BCUT2D eigenvalue weighted by Crippen LogP contribution is -2.46. The van der Waals surface area contributed by atoms with Crippen LogP contribution in [0.25, 0.3) is 22.1 Å². The van der Waals surface area contributed by atoms with Gasteiger partial charge in [0.2, 0.25) is 0 Å². The summed E-state index contributed by atoms with van der Waals surface area (Å²) in [6.45, 7) is 3.77. The number of amides is 1. The van der Waals surface area contributed by atoms with E-state index in [0.717, 1.165) is 46.3 Å². The van der Waals surface area contributed by atoms with E-state index in [9.17, 15) is 10.1 Å². The standard InChI is InChI=1S/C23H24N4O3/c1-15-20-12-18(7-8-21(20)30-27-15)17-5-3-16(4-6-17)11-19(13-24)26-23(28)22-14-25-9-2-10-29-22/h3-8,12,19,22,25H,2,9-11,14H2,1H3,(H,26,28)/t19-,22-/m0/s1. The van der Waals surface area contributed by atoms with Gasteiger partial charge < -0.3 is 19.9 Å². The average Bonchev–Trinajstić information content (AvgIpc) is 2.96. The Kier molecular flexibility index (Phi) is 6.07. The molecule has 1 aliphatic rings. The van der Waals surface area contributed by atoms with Crippen LogP contribution >= 0.6 is 0 Å². The summed E-state index contributed by atoms with van der Waals surface area (Å²) in [6.07, 6.45) is 0.759. The van der Waals surface area contributed by atoms with E-state index in [1.807, 2.05) is 43.3 Å². The van der Waals surface area contributed by atoms with E-state index in [0.29, 0.717) is 19.6 Å². The van der Waals surface area contributed by atoms with Gasteiger partial charge in [-0.2, -0.15) is 5.26 Å². The minimum atomic E-state index is -0.605. The number of ether oxygens (including phenoxy) is 1. The molecule has 1 fully saturated rings. The predicted octanol–water partition coefficient (Wildman–Crippen LogP) is 2.73. The van der Waals surface area contributed by atoms with Gasteiger partial charge in [-0.1, -0.05) is 35.5 Å². The van der Waals surface area contributed by atoms with E-state index in [1.165, 1.54) is 0 Å². The maximum Gasteiger partial charge on any atom is 0.251 e. The summed E-state index contributed by atoms with van der Waals surface area (Å²) in [5, 5.41) is 20.5. The first-order valence-electron chi connectivity index (χ1n) is 10.1. The summed E-state index contributed by atoms with van der Waals surface area (Å²) < 4.78 is 10.8. The number of hydrogen-bond donors (Lipinski definition) is 2. The maximum atomic E-state index is 12.4. The third-order valence-electron chi connectivity index (χ3n) is 5.29. The van der Waals surface area contributed by atoms with Crippen molar-refractivity contribution in [2.45, 2.75) is 31.9 Å². The highest BCUT2D eigenvalue weighted by Crippen LogP contribution is 2.26. The van der Waals surface area contributed by atoms with Gasteiger partial charge in [-0.15, -0.1) is 0 Å². The summed E-state index contributed by atoms with van der Waals surface area (Å²) in [6, 6.07) is 15.6. The molecule has 0 aliphatic carbocycles. The number of hydrogen-bond acceptors (Lipinski definition) is 6. The lowest BCUT2D eigenvalue weighted by atomic mass is 9.99. The van der Waals surface area contributed by atoms with Crippen LogP contribution in [0.2, 0.25) is 0 Å². The number of carbonyl (C=O) groups excluding carboxylic acids is 1. The Morgan fingerprint density at radius 3 is 2.90 bits per heavy atom. The second-order valence-electron chi connectivity index (χ2n) is 7.49. The van der Waals surface area contributed by atoms with Gasteiger partial charge in [0.25, 0.3) is 5.91 Å². The molecule has 0 spiro atoms. The van der Waals surface area contributed by atoms with Crippen LogP contribution in [-0.4, -0.2) is 42.9 Å². The summed E-state index contributed by atoms with van der Waals surface area (Å²) in [7, 11) is 0.